The van der Waals surface area contributed by atoms with Crippen LogP contribution in [0.15, 0.2) is 18.2 Å². The fourth-order valence-corrected chi connectivity index (χ4v) is 5.21. The summed E-state index contributed by atoms with van der Waals surface area (Å²) in [5, 5.41) is 1.06. The lowest BCUT2D eigenvalue weighted by Gasteiger charge is -2.20. The lowest BCUT2D eigenvalue weighted by atomic mass is 9.88. The van der Waals surface area contributed by atoms with Crippen molar-refractivity contribution in [1.29, 1.82) is 0 Å². The molecule has 0 aliphatic carbocycles. The first kappa shape index (κ1) is 15.4. The summed E-state index contributed by atoms with van der Waals surface area (Å²) in [6, 6.07) is 5.50. The van der Waals surface area contributed by atoms with E-state index in [4.69, 9.17) is 34.8 Å². The maximum absolute atomic E-state index is 11.5. The maximum atomic E-state index is 11.5. The van der Waals surface area contributed by atoms with Crippen molar-refractivity contribution in [1.82, 2.24) is 0 Å². The molecule has 106 valence electrons. The van der Waals surface area contributed by atoms with Crippen molar-refractivity contribution in [3.63, 3.8) is 0 Å². The molecule has 2 nitrogen and oxygen atoms in total. The van der Waals surface area contributed by atoms with Gasteiger partial charge in [0.05, 0.1) is 21.6 Å². The minimum atomic E-state index is -2.88. The zero-order valence-electron chi connectivity index (χ0n) is 10.3. The molecule has 0 N–H and O–H groups in total. The van der Waals surface area contributed by atoms with Crippen molar-refractivity contribution in [3.8, 4) is 0 Å². The minimum absolute atomic E-state index is 0.120. The molecule has 1 aromatic carbocycles. The third-order valence-electron chi connectivity index (χ3n) is 3.65. The Bertz CT molecular complexity index is 557. The van der Waals surface area contributed by atoms with Crippen molar-refractivity contribution in [3.05, 3.63) is 33.8 Å². The molecule has 1 aromatic rings. The summed E-state index contributed by atoms with van der Waals surface area (Å²) in [5.74, 6) is 1.19. The van der Waals surface area contributed by atoms with Gasteiger partial charge in [-0.3, -0.25) is 0 Å². The number of benzene rings is 1. The van der Waals surface area contributed by atoms with E-state index in [-0.39, 0.29) is 23.3 Å². The van der Waals surface area contributed by atoms with E-state index >= 15 is 0 Å². The van der Waals surface area contributed by atoms with Crippen LogP contribution in [-0.2, 0) is 16.3 Å². The highest BCUT2D eigenvalue weighted by Crippen LogP contribution is 2.33. The van der Waals surface area contributed by atoms with Gasteiger partial charge < -0.3 is 0 Å². The van der Waals surface area contributed by atoms with Crippen LogP contribution in [0, 0.1) is 11.8 Å². The second kappa shape index (κ2) is 6.21. The van der Waals surface area contributed by atoms with Crippen LogP contribution in [0.5, 0.6) is 0 Å². The Labute approximate surface area is 129 Å². The first-order valence-corrected chi connectivity index (χ1v) is 9.23. The molecule has 0 bridgehead atoms. The van der Waals surface area contributed by atoms with Crippen molar-refractivity contribution in [2.24, 2.45) is 11.8 Å². The van der Waals surface area contributed by atoms with E-state index in [9.17, 15) is 8.42 Å². The fourth-order valence-electron chi connectivity index (χ4n) is 2.53. The summed E-state index contributed by atoms with van der Waals surface area (Å²) >= 11 is 18.2. The molecule has 1 heterocycles. The molecular weight excluding hydrogens is 327 g/mol. The van der Waals surface area contributed by atoms with Gasteiger partial charge in [0, 0.05) is 5.88 Å². The van der Waals surface area contributed by atoms with Crippen LogP contribution in [0.25, 0.3) is 0 Å². The molecule has 2 unspecified atom stereocenters. The van der Waals surface area contributed by atoms with Crippen molar-refractivity contribution < 1.29 is 8.42 Å². The SMILES string of the molecule is O=S1(=O)CCC(C(CCl)Cc2cccc(Cl)c2Cl)C1. The Morgan fingerprint density at radius 1 is 1.32 bits per heavy atom. The van der Waals surface area contributed by atoms with Gasteiger partial charge in [-0.1, -0.05) is 35.3 Å². The Kier molecular flexibility index (Phi) is 5.04. The van der Waals surface area contributed by atoms with E-state index in [1.54, 1.807) is 6.07 Å². The molecule has 1 aliphatic heterocycles. The van der Waals surface area contributed by atoms with Crippen LogP contribution in [0.1, 0.15) is 12.0 Å². The molecule has 0 spiro atoms. The second-order valence-electron chi connectivity index (χ2n) is 4.99. The lowest BCUT2D eigenvalue weighted by molar-refractivity contribution is 0.398. The predicted molar refractivity (Wildman–Crippen MR) is 81.1 cm³/mol. The third-order valence-corrected chi connectivity index (χ3v) is 6.69. The Balaban J connectivity index is 2.14. The maximum Gasteiger partial charge on any atom is 0.150 e. The van der Waals surface area contributed by atoms with Gasteiger partial charge in [-0.25, -0.2) is 8.42 Å². The first-order valence-electron chi connectivity index (χ1n) is 6.12. The predicted octanol–water partition coefficient (Wildman–Crippen LogP) is 3.83. The van der Waals surface area contributed by atoms with Gasteiger partial charge in [0.25, 0.3) is 0 Å². The summed E-state index contributed by atoms with van der Waals surface area (Å²) in [5.41, 5.74) is 0.934. The van der Waals surface area contributed by atoms with Gasteiger partial charge in [-0.2, -0.15) is 0 Å². The second-order valence-corrected chi connectivity index (χ2v) is 8.32. The zero-order chi connectivity index (χ0) is 14.0. The van der Waals surface area contributed by atoms with Gasteiger partial charge in [0.1, 0.15) is 0 Å². The number of alkyl halides is 1. The Hall–Kier alpha value is 0.0400. The van der Waals surface area contributed by atoms with E-state index in [1.807, 2.05) is 12.1 Å². The van der Waals surface area contributed by atoms with Crippen molar-refractivity contribution in [2.75, 3.05) is 17.4 Å². The molecule has 0 radical (unpaired) electrons. The average Bonchev–Trinajstić information content (AvgIpc) is 2.71. The summed E-state index contributed by atoms with van der Waals surface area (Å²) < 4.78 is 23.1. The molecule has 1 aliphatic rings. The molecule has 0 amide bonds. The average molecular weight is 342 g/mol. The number of halogens is 3. The molecule has 0 aromatic heterocycles. The summed E-state index contributed by atoms with van der Waals surface area (Å²) in [7, 11) is -2.88. The highest BCUT2D eigenvalue weighted by atomic mass is 35.5. The molecule has 0 saturated carbocycles. The largest absolute Gasteiger partial charge is 0.229 e. The third kappa shape index (κ3) is 3.78. The number of rotatable bonds is 4. The van der Waals surface area contributed by atoms with Gasteiger partial charge in [-0.15, -0.1) is 11.6 Å². The summed E-state index contributed by atoms with van der Waals surface area (Å²) in [6.45, 7) is 0. The molecular formula is C13H15Cl3O2S. The number of hydrogen-bond acceptors (Lipinski definition) is 2. The molecule has 1 fully saturated rings. The highest BCUT2D eigenvalue weighted by Gasteiger charge is 2.33. The fraction of sp³-hybridized carbons (Fsp3) is 0.538. The Morgan fingerprint density at radius 3 is 2.63 bits per heavy atom. The number of sulfone groups is 1. The monoisotopic (exact) mass is 340 g/mol. The zero-order valence-corrected chi connectivity index (χ0v) is 13.4. The smallest absolute Gasteiger partial charge is 0.150 e. The van der Waals surface area contributed by atoms with E-state index in [0.717, 1.165) is 5.56 Å². The molecule has 2 rings (SSSR count). The highest BCUT2D eigenvalue weighted by molar-refractivity contribution is 7.91. The minimum Gasteiger partial charge on any atom is -0.229 e. The molecule has 2 atom stereocenters. The quantitative estimate of drug-likeness (QED) is 0.780. The van der Waals surface area contributed by atoms with Crippen LogP contribution in [0.3, 0.4) is 0 Å². The van der Waals surface area contributed by atoms with E-state index in [2.05, 4.69) is 0 Å². The molecule has 1 saturated heterocycles. The van der Waals surface area contributed by atoms with E-state index in [1.165, 1.54) is 0 Å². The van der Waals surface area contributed by atoms with E-state index < -0.39 is 9.84 Å². The summed E-state index contributed by atoms with van der Waals surface area (Å²) in [6.07, 6.45) is 1.36. The van der Waals surface area contributed by atoms with Crippen LogP contribution in [0.4, 0.5) is 0 Å². The van der Waals surface area contributed by atoms with Gasteiger partial charge in [0.2, 0.25) is 0 Å². The van der Waals surface area contributed by atoms with Crippen LogP contribution in [0.2, 0.25) is 10.0 Å². The normalized spacial score (nSPS) is 23.4. The van der Waals surface area contributed by atoms with Gasteiger partial charge in [0.15, 0.2) is 9.84 Å². The van der Waals surface area contributed by atoms with Crippen molar-refractivity contribution >= 4 is 44.6 Å². The molecule has 6 heteroatoms. The van der Waals surface area contributed by atoms with Crippen LogP contribution in [-0.4, -0.2) is 25.8 Å². The van der Waals surface area contributed by atoms with Crippen LogP contribution < -0.4 is 0 Å². The topological polar surface area (TPSA) is 34.1 Å². The lowest BCUT2D eigenvalue weighted by Crippen LogP contribution is -2.20. The first-order chi connectivity index (χ1) is 8.93. The van der Waals surface area contributed by atoms with E-state index in [0.29, 0.717) is 28.8 Å². The van der Waals surface area contributed by atoms with Gasteiger partial charge >= 0.3 is 0 Å². The number of hydrogen-bond donors (Lipinski definition) is 0. The summed E-state index contributed by atoms with van der Waals surface area (Å²) in [4.78, 5) is 0. The molecule has 19 heavy (non-hydrogen) atoms. The van der Waals surface area contributed by atoms with Crippen LogP contribution >= 0.6 is 34.8 Å². The van der Waals surface area contributed by atoms with Gasteiger partial charge in [-0.05, 0) is 36.3 Å². The Morgan fingerprint density at radius 2 is 2.05 bits per heavy atom. The standard InChI is InChI=1S/C13H15Cl3O2S/c14-7-11(10-4-5-19(17,18)8-10)6-9-2-1-3-12(15)13(9)16/h1-3,10-11H,4-8H2. The van der Waals surface area contributed by atoms with Crippen molar-refractivity contribution in [2.45, 2.75) is 12.8 Å².